The highest BCUT2D eigenvalue weighted by atomic mass is 16.5. The van der Waals surface area contributed by atoms with E-state index in [0.717, 1.165) is 0 Å². The van der Waals surface area contributed by atoms with E-state index in [1.165, 1.54) is 12.8 Å². The fourth-order valence-electron chi connectivity index (χ4n) is 0.856. The molecule has 0 unspecified atom stereocenters. The van der Waals surface area contributed by atoms with E-state index >= 15 is 0 Å². The summed E-state index contributed by atoms with van der Waals surface area (Å²) in [5.74, 6) is 0.149. The number of ether oxygens (including phenoxy) is 1. The van der Waals surface area contributed by atoms with E-state index in [0.29, 0.717) is 12.6 Å². The largest absolute Gasteiger partial charge is 0.371 e. The molecule has 1 rings (SSSR count). The molecule has 0 atom stereocenters. The molecule has 0 aromatic carbocycles. The van der Waals surface area contributed by atoms with E-state index in [4.69, 9.17) is 4.74 Å². The molecule has 1 fully saturated rings. The molecule has 0 bridgehead atoms. The normalized spacial score (nSPS) is 16.9. The van der Waals surface area contributed by atoms with Gasteiger partial charge in [-0.05, 0) is 26.7 Å². The first-order valence-corrected chi connectivity index (χ1v) is 4.55. The van der Waals surface area contributed by atoms with Gasteiger partial charge in [0.15, 0.2) is 5.78 Å². The second-order valence-electron chi connectivity index (χ2n) is 3.55. The van der Waals surface area contributed by atoms with Crippen molar-refractivity contribution in [1.82, 2.24) is 5.32 Å². The van der Waals surface area contributed by atoms with Gasteiger partial charge in [0.25, 0.3) is 0 Å². The Morgan fingerprint density at radius 3 is 2.75 bits per heavy atom. The maximum atomic E-state index is 11.1. The molecule has 0 spiro atoms. The van der Waals surface area contributed by atoms with Gasteiger partial charge in [-0.1, -0.05) is 0 Å². The number of rotatable bonds is 6. The quantitative estimate of drug-likeness (QED) is 0.640. The fourth-order valence-corrected chi connectivity index (χ4v) is 0.856. The minimum atomic E-state index is 0.148. The van der Waals surface area contributed by atoms with Crippen molar-refractivity contribution < 1.29 is 9.53 Å². The Balaban J connectivity index is 1.95. The number of nitrogens with one attached hydrogen (secondary N) is 1. The smallest absolute Gasteiger partial charge is 0.172 e. The van der Waals surface area contributed by atoms with Crippen LogP contribution in [0.25, 0.3) is 0 Å². The van der Waals surface area contributed by atoms with Gasteiger partial charge in [-0.25, -0.2) is 0 Å². The van der Waals surface area contributed by atoms with Crippen LogP contribution in [0.3, 0.4) is 0 Å². The van der Waals surface area contributed by atoms with Gasteiger partial charge in [0.1, 0.15) is 6.61 Å². The highest BCUT2D eigenvalue weighted by molar-refractivity contribution is 5.81. The number of Topliss-reactive ketones (excluding diaryl/α,β-unsaturated/α-hetero) is 1. The first-order valence-electron chi connectivity index (χ1n) is 4.55. The van der Waals surface area contributed by atoms with Crippen molar-refractivity contribution in [3.63, 3.8) is 0 Å². The second-order valence-corrected chi connectivity index (χ2v) is 3.55. The van der Waals surface area contributed by atoms with Gasteiger partial charge >= 0.3 is 0 Å². The van der Waals surface area contributed by atoms with Crippen LogP contribution >= 0.6 is 0 Å². The van der Waals surface area contributed by atoms with Crippen LogP contribution in [0.15, 0.2) is 0 Å². The number of ketones is 1. The van der Waals surface area contributed by atoms with E-state index in [-0.39, 0.29) is 18.5 Å². The molecule has 70 valence electrons. The molecule has 0 aliphatic heterocycles. The lowest BCUT2D eigenvalue weighted by molar-refractivity contribution is -0.124. The summed E-state index contributed by atoms with van der Waals surface area (Å²) in [4.78, 5) is 11.1. The van der Waals surface area contributed by atoms with Crippen LogP contribution in [0.2, 0.25) is 0 Å². The number of hydrogen-bond acceptors (Lipinski definition) is 3. The molecular formula is C9H17NO2. The molecule has 0 heterocycles. The minimum absolute atomic E-state index is 0.148. The molecule has 3 heteroatoms. The summed E-state index contributed by atoms with van der Waals surface area (Å²) in [6, 6.07) is 0.605. The van der Waals surface area contributed by atoms with Crippen LogP contribution in [0.4, 0.5) is 0 Å². The van der Waals surface area contributed by atoms with Crippen molar-refractivity contribution >= 4 is 5.78 Å². The van der Waals surface area contributed by atoms with E-state index in [1.54, 1.807) is 0 Å². The Bertz CT molecular complexity index is 145. The zero-order chi connectivity index (χ0) is 8.97. The summed E-state index contributed by atoms with van der Waals surface area (Å²) in [5, 5.41) is 3.15. The van der Waals surface area contributed by atoms with Crippen molar-refractivity contribution in [2.45, 2.75) is 38.8 Å². The Labute approximate surface area is 73.5 Å². The molecule has 1 saturated carbocycles. The van der Waals surface area contributed by atoms with E-state index in [2.05, 4.69) is 5.32 Å². The average Bonchev–Trinajstić information content (AvgIpc) is 2.80. The third kappa shape index (κ3) is 4.46. The molecule has 0 radical (unpaired) electrons. The highest BCUT2D eigenvalue weighted by Gasteiger charge is 2.20. The lowest BCUT2D eigenvalue weighted by Crippen LogP contribution is -2.28. The van der Waals surface area contributed by atoms with Crippen molar-refractivity contribution in [3.8, 4) is 0 Å². The number of hydrogen-bond donors (Lipinski definition) is 1. The fraction of sp³-hybridized carbons (Fsp3) is 0.889. The van der Waals surface area contributed by atoms with Crippen LogP contribution in [0, 0.1) is 0 Å². The summed E-state index contributed by atoms with van der Waals surface area (Å²) < 4.78 is 5.17. The summed E-state index contributed by atoms with van der Waals surface area (Å²) in [7, 11) is 0. The summed E-state index contributed by atoms with van der Waals surface area (Å²) in [6.45, 7) is 4.58. The van der Waals surface area contributed by atoms with E-state index < -0.39 is 0 Å². The monoisotopic (exact) mass is 171 g/mol. The standard InChI is InChI=1S/C9H17NO2/c1-7(2)12-6-9(11)5-10-8-3-4-8/h7-8,10H,3-6H2,1-2H3. The van der Waals surface area contributed by atoms with Crippen LogP contribution in [-0.2, 0) is 9.53 Å². The molecule has 0 aromatic heterocycles. The highest BCUT2D eigenvalue weighted by Crippen LogP contribution is 2.17. The minimum Gasteiger partial charge on any atom is -0.371 e. The Hall–Kier alpha value is -0.410. The topological polar surface area (TPSA) is 38.3 Å². The lowest BCUT2D eigenvalue weighted by atomic mass is 10.4. The van der Waals surface area contributed by atoms with Crippen LogP contribution in [0.1, 0.15) is 26.7 Å². The van der Waals surface area contributed by atoms with Crippen LogP contribution in [-0.4, -0.2) is 31.1 Å². The van der Waals surface area contributed by atoms with Crippen LogP contribution in [0.5, 0.6) is 0 Å². The van der Waals surface area contributed by atoms with E-state index in [1.807, 2.05) is 13.8 Å². The molecule has 0 aromatic rings. The summed E-state index contributed by atoms with van der Waals surface area (Å²) in [5.41, 5.74) is 0. The zero-order valence-corrected chi connectivity index (χ0v) is 7.80. The molecule has 3 nitrogen and oxygen atoms in total. The molecular weight excluding hydrogens is 154 g/mol. The first-order chi connectivity index (χ1) is 5.68. The van der Waals surface area contributed by atoms with Crippen molar-refractivity contribution in [3.05, 3.63) is 0 Å². The number of carbonyl (C=O) groups is 1. The van der Waals surface area contributed by atoms with Gasteiger partial charge in [0.05, 0.1) is 12.6 Å². The van der Waals surface area contributed by atoms with Gasteiger partial charge in [-0.15, -0.1) is 0 Å². The Morgan fingerprint density at radius 2 is 2.25 bits per heavy atom. The third-order valence-corrected chi connectivity index (χ3v) is 1.74. The molecule has 0 saturated heterocycles. The Kier molecular flexibility index (Phi) is 3.69. The van der Waals surface area contributed by atoms with E-state index in [9.17, 15) is 4.79 Å². The first kappa shape index (κ1) is 9.68. The molecule has 12 heavy (non-hydrogen) atoms. The molecule has 1 N–H and O–H groups in total. The van der Waals surface area contributed by atoms with Crippen molar-refractivity contribution in [2.75, 3.05) is 13.2 Å². The van der Waals surface area contributed by atoms with Gasteiger partial charge in [0, 0.05) is 6.04 Å². The lowest BCUT2D eigenvalue weighted by Gasteiger charge is -2.06. The third-order valence-electron chi connectivity index (χ3n) is 1.74. The second kappa shape index (κ2) is 4.58. The van der Waals surface area contributed by atoms with Gasteiger partial charge < -0.3 is 10.1 Å². The maximum Gasteiger partial charge on any atom is 0.172 e. The average molecular weight is 171 g/mol. The van der Waals surface area contributed by atoms with Gasteiger partial charge in [-0.3, -0.25) is 4.79 Å². The van der Waals surface area contributed by atoms with Crippen LogP contribution < -0.4 is 5.32 Å². The number of carbonyl (C=O) groups excluding carboxylic acids is 1. The SMILES string of the molecule is CC(C)OCC(=O)CNC1CC1. The zero-order valence-electron chi connectivity index (χ0n) is 7.80. The predicted molar refractivity (Wildman–Crippen MR) is 47.1 cm³/mol. The Morgan fingerprint density at radius 1 is 1.58 bits per heavy atom. The molecule has 1 aliphatic rings. The molecule has 1 aliphatic carbocycles. The molecule has 0 amide bonds. The van der Waals surface area contributed by atoms with Gasteiger partial charge in [0.2, 0.25) is 0 Å². The summed E-state index contributed by atoms with van der Waals surface area (Å²) in [6.07, 6.45) is 2.59. The van der Waals surface area contributed by atoms with Gasteiger partial charge in [-0.2, -0.15) is 0 Å². The maximum absolute atomic E-state index is 11.1. The summed E-state index contributed by atoms with van der Waals surface area (Å²) >= 11 is 0. The predicted octanol–water partition coefficient (Wildman–Crippen LogP) is 0.732. The van der Waals surface area contributed by atoms with Crippen molar-refractivity contribution in [1.29, 1.82) is 0 Å². The van der Waals surface area contributed by atoms with Crippen molar-refractivity contribution in [2.24, 2.45) is 0 Å².